The lowest BCUT2D eigenvalue weighted by Gasteiger charge is -2.15. The van der Waals surface area contributed by atoms with Crippen LogP contribution in [-0.2, 0) is 6.54 Å². The van der Waals surface area contributed by atoms with E-state index < -0.39 is 0 Å². The van der Waals surface area contributed by atoms with Gasteiger partial charge >= 0.3 is 0 Å². The molecule has 0 aliphatic rings. The fourth-order valence-corrected chi connectivity index (χ4v) is 2.50. The number of nitrogens with zero attached hydrogens (tertiary/aromatic N) is 3. The van der Waals surface area contributed by atoms with Gasteiger partial charge in [0, 0.05) is 12.6 Å². The summed E-state index contributed by atoms with van der Waals surface area (Å²) in [5.41, 5.74) is 4.53. The van der Waals surface area contributed by atoms with Crippen LogP contribution < -0.4 is 5.32 Å². The van der Waals surface area contributed by atoms with Crippen LogP contribution in [0.1, 0.15) is 29.8 Å². The first-order valence-electron chi connectivity index (χ1n) is 7.49. The molecule has 22 heavy (non-hydrogen) atoms. The number of rotatable bonds is 5. The minimum absolute atomic E-state index is 0.281. The quantitative estimate of drug-likeness (QED) is 0.783. The summed E-state index contributed by atoms with van der Waals surface area (Å²) in [6.45, 7) is 5.01. The topological polar surface area (TPSA) is 42.7 Å². The predicted molar refractivity (Wildman–Crippen MR) is 87.8 cm³/mol. The summed E-state index contributed by atoms with van der Waals surface area (Å²) >= 11 is 0. The average molecular weight is 292 g/mol. The van der Waals surface area contributed by atoms with Crippen LogP contribution in [-0.4, -0.2) is 15.0 Å². The van der Waals surface area contributed by atoms with E-state index in [9.17, 15) is 0 Å². The number of benzene rings is 2. The molecule has 4 nitrogen and oxygen atoms in total. The molecule has 112 valence electrons. The third kappa shape index (κ3) is 3.23. The van der Waals surface area contributed by atoms with Crippen LogP contribution in [0.25, 0.3) is 5.69 Å². The highest BCUT2D eigenvalue weighted by Crippen LogP contribution is 2.17. The van der Waals surface area contributed by atoms with Crippen molar-refractivity contribution < 1.29 is 0 Å². The first-order chi connectivity index (χ1) is 10.7. The molecule has 4 heteroatoms. The Labute approximate surface area is 130 Å². The molecule has 1 N–H and O–H groups in total. The smallest absolute Gasteiger partial charge is 0.0969 e. The van der Waals surface area contributed by atoms with Crippen LogP contribution in [0, 0.1) is 6.92 Å². The van der Waals surface area contributed by atoms with Crippen molar-refractivity contribution in [2.75, 3.05) is 0 Å². The summed E-state index contributed by atoms with van der Waals surface area (Å²) < 4.78 is 0. The third-order valence-corrected chi connectivity index (χ3v) is 3.77. The van der Waals surface area contributed by atoms with Gasteiger partial charge < -0.3 is 5.32 Å². The number of hydrogen-bond acceptors (Lipinski definition) is 3. The molecule has 0 aliphatic carbocycles. The highest BCUT2D eigenvalue weighted by molar-refractivity contribution is 5.29. The van der Waals surface area contributed by atoms with E-state index in [1.165, 1.54) is 11.1 Å². The van der Waals surface area contributed by atoms with Gasteiger partial charge in [-0.05, 0) is 37.1 Å². The summed E-state index contributed by atoms with van der Waals surface area (Å²) in [4.78, 5) is 1.66. The van der Waals surface area contributed by atoms with E-state index in [4.69, 9.17) is 0 Å². The van der Waals surface area contributed by atoms with E-state index in [1.54, 1.807) is 4.80 Å². The van der Waals surface area contributed by atoms with Crippen molar-refractivity contribution >= 4 is 0 Å². The minimum Gasteiger partial charge on any atom is -0.304 e. The van der Waals surface area contributed by atoms with Crippen LogP contribution in [0.4, 0.5) is 0 Å². The largest absolute Gasteiger partial charge is 0.304 e. The van der Waals surface area contributed by atoms with Crippen LogP contribution in [0.2, 0.25) is 0 Å². The Bertz CT molecular complexity index is 734. The summed E-state index contributed by atoms with van der Waals surface area (Å²) in [7, 11) is 0. The normalized spacial score (nSPS) is 12.3. The Morgan fingerprint density at radius 2 is 1.77 bits per heavy atom. The lowest BCUT2D eigenvalue weighted by atomic mass is 10.0. The monoisotopic (exact) mass is 292 g/mol. The van der Waals surface area contributed by atoms with Crippen molar-refractivity contribution in [1.82, 2.24) is 20.3 Å². The van der Waals surface area contributed by atoms with E-state index in [0.29, 0.717) is 6.54 Å². The first kappa shape index (κ1) is 14.5. The minimum atomic E-state index is 0.281. The molecule has 0 saturated carbocycles. The molecule has 0 amide bonds. The molecule has 2 aromatic carbocycles. The molecule has 1 atom stereocenters. The molecule has 1 unspecified atom stereocenters. The number of hydrogen-bond donors (Lipinski definition) is 1. The molecule has 0 fully saturated rings. The van der Waals surface area contributed by atoms with Crippen molar-refractivity contribution in [1.29, 1.82) is 0 Å². The number of aryl methyl sites for hydroxylation is 1. The summed E-state index contributed by atoms with van der Waals surface area (Å²) in [6.07, 6.45) is 1.81. The Morgan fingerprint density at radius 3 is 2.55 bits per heavy atom. The van der Waals surface area contributed by atoms with E-state index in [1.807, 2.05) is 36.5 Å². The van der Waals surface area contributed by atoms with E-state index in [0.717, 1.165) is 11.4 Å². The zero-order valence-electron chi connectivity index (χ0n) is 12.9. The van der Waals surface area contributed by atoms with Gasteiger partial charge in [-0.2, -0.15) is 15.0 Å². The van der Waals surface area contributed by atoms with Crippen LogP contribution >= 0.6 is 0 Å². The van der Waals surface area contributed by atoms with Gasteiger partial charge in [0.05, 0.1) is 17.6 Å². The zero-order valence-corrected chi connectivity index (χ0v) is 12.9. The molecule has 3 rings (SSSR count). The van der Waals surface area contributed by atoms with E-state index in [2.05, 4.69) is 53.6 Å². The Balaban J connectivity index is 1.65. The van der Waals surface area contributed by atoms with Crippen molar-refractivity contribution in [3.05, 3.63) is 77.6 Å². The highest BCUT2D eigenvalue weighted by Gasteiger charge is 2.09. The van der Waals surface area contributed by atoms with Crippen LogP contribution in [0.5, 0.6) is 0 Å². The maximum Gasteiger partial charge on any atom is 0.0969 e. The molecule has 3 aromatic rings. The van der Waals surface area contributed by atoms with Crippen LogP contribution in [0.3, 0.4) is 0 Å². The van der Waals surface area contributed by atoms with Gasteiger partial charge in [0.15, 0.2) is 0 Å². The van der Waals surface area contributed by atoms with Gasteiger partial charge in [0.1, 0.15) is 0 Å². The number of nitrogens with one attached hydrogen (secondary N) is 1. The molecule has 1 heterocycles. The van der Waals surface area contributed by atoms with Crippen molar-refractivity contribution in [3.8, 4) is 5.69 Å². The second-order valence-electron chi connectivity index (χ2n) is 5.42. The lowest BCUT2D eigenvalue weighted by Crippen LogP contribution is -2.19. The Kier molecular flexibility index (Phi) is 4.30. The van der Waals surface area contributed by atoms with Gasteiger partial charge in [0.25, 0.3) is 0 Å². The maximum absolute atomic E-state index is 4.51. The molecular formula is C18H20N4. The third-order valence-electron chi connectivity index (χ3n) is 3.77. The SMILES string of the molecule is Cc1ccccc1C(C)NCc1cnn(-c2ccccc2)n1. The maximum atomic E-state index is 4.51. The van der Waals surface area contributed by atoms with Gasteiger partial charge in [-0.1, -0.05) is 42.5 Å². The standard InChI is InChI=1S/C18H20N4/c1-14-8-6-7-11-18(14)15(2)19-12-16-13-20-22(21-16)17-9-4-3-5-10-17/h3-11,13,15,19H,12H2,1-2H3. The van der Waals surface area contributed by atoms with Gasteiger partial charge in [-0.3, -0.25) is 0 Å². The van der Waals surface area contributed by atoms with Crippen molar-refractivity contribution in [3.63, 3.8) is 0 Å². The van der Waals surface area contributed by atoms with Crippen molar-refractivity contribution in [2.24, 2.45) is 0 Å². The summed E-state index contributed by atoms with van der Waals surface area (Å²) in [5, 5.41) is 12.3. The second kappa shape index (κ2) is 6.54. The van der Waals surface area contributed by atoms with Gasteiger partial charge in [-0.25, -0.2) is 0 Å². The summed E-state index contributed by atoms with van der Waals surface area (Å²) in [5.74, 6) is 0. The van der Waals surface area contributed by atoms with Crippen LogP contribution in [0.15, 0.2) is 60.8 Å². The fraction of sp³-hybridized carbons (Fsp3) is 0.222. The molecule has 0 saturated heterocycles. The van der Waals surface area contributed by atoms with Crippen molar-refractivity contribution in [2.45, 2.75) is 26.4 Å². The zero-order chi connectivity index (χ0) is 15.4. The summed E-state index contributed by atoms with van der Waals surface area (Å²) in [6, 6.07) is 18.7. The highest BCUT2D eigenvalue weighted by atomic mass is 15.5. The predicted octanol–water partition coefficient (Wildman–Crippen LogP) is 3.43. The van der Waals surface area contributed by atoms with Gasteiger partial charge in [0.2, 0.25) is 0 Å². The molecule has 0 spiro atoms. The fourth-order valence-electron chi connectivity index (χ4n) is 2.50. The Hall–Kier alpha value is -2.46. The van der Waals surface area contributed by atoms with E-state index >= 15 is 0 Å². The molecule has 0 bridgehead atoms. The van der Waals surface area contributed by atoms with Gasteiger partial charge in [-0.15, -0.1) is 0 Å². The second-order valence-corrected chi connectivity index (χ2v) is 5.42. The lowest BCUT2D eigenvalue weighted by molar-refractivity contribution is 0.562. The number of aromatic nitrogens is 3. The first-order valence-corrected chi connectivity index (χ1v) is 7.49. The molecule has 0 radical (unpaired) electrons. The molecule has 0 aliphatic heterocycles. The Morgan fingerprint density at radius 1 is 1.05 bits per heavy atom. The van der Waals surface area contributed by atoms with E-state index in [-0.39, 0.29) is 6.04 Å². The number of para-hydroxylation sites is 1. The molecule has 1 aromatic heterocycles. The molecular weight excluding hydrogens is 272 g/mol. The average Bonchev–Trinajstić information content (AvgIpc) is 3.03.